The zero-order valence-corrected chi connectivity index (χ0v) is 14.8. The van der Waals surface area contributed by atoms with Crippen molar-refractivity contribution in [3.63, 3.8) is 0 Å². The maximum atomic E-state index is 12.1. The van der Waals surface area contributed by atoms with Crippen molar-refractivity contribution in [3.05, 3.63) is 47.5 Å². The maximum Gasteiger partial charge on any atom is 0.234 e. The fourth-order valence-corrected chi connectivity index (χ4v) is 3.84. The van der Waals surface area contributed by atoms with Gasteiger partial charge in [-0.2, -0.15) is 0 Å². The Morgan fingerprint density at radius 3 is 2.88 bits per heavy atom. The predicted molar refractivity (Wildman–Crippen MR) is 98.5 cm³/mol. The third kappa shape index (κ3) is 4.55. The topological polar surface area (TPSA) is 48.5 Å². The molecular weight excluding hydrogens is 320 g/mol. The van der Waals surface area contributed by atoms with Gasteiger partial charge in [0.15, 0.2) is 5.13 Å². The third-order valence-corrected chi connectivity index (χ3v) is 5.13. The van der Waals surface area contributed by atoms with E-state index in [2.05, 4.69) is 39.2 Å². The molecule has 0 saturated carbocycles. The molecule has 0 radical (unpaired) electrons. The van der Waals surface area contributed by atoms with Crippen LogP contribution < -0.4 is 10.2 Å². The van der Waals surface area contributed by atoms with E-state index < -0.39 is 0 Å². The molecule has 1 aliphatic heterocycles. The number of amides is 1. The minimum Gasteiger partial charge on any atom is -0.355 e. The molecule has 1 fully saturated rings. The van der Waals surface area contributed by atoms with Crippen molar-refractivity contribution in [3.8, 4) is 0 Å². The molecule has 1 aliphatic rings. The van der Waals surface area contributed by atoms with E-state index in [4.69, 9.17) is 0 Å². The average molecular weight is 344 g/mol. The van der Waals surface area contributed by atoms with Gasteiger partial charge in [0.25, 0.3) is 0 Å². The molecule has 0 spiro atoms. The molecule has 2 aromatic rings. The number of hydrogen-bond acceptors (Lipinski definition) is 5. The van der Waals surface area contributed by atoms with Crippen LogP contribution in [0.15, 0.2) is 41.9 Å². The number of nitrogens with zero attached hydrogens (tertiary/aromatic N) is 3. The molecular formula is C18H24N4OS. The molecule has 0 unspecified atom stereocenters. The number of piperazine rings is 1. The zero-order valence-electron chi connectivity index (χ0n) is 14.0. The van der Waals surface area contributed by atoms with Crippen LogP contribution in [0.5, 0.6) is 0 Å². The molecule has 2 heterocycles. The van der Waals surface area contributed by atoms with Crippen molar-refractivity contribution in [2.45, 2.75) is 19.4 Å². The molecule has 1 atom stereocenters. The van der Waals surface area contributed by atoms with E-state index in [1.165, 1.54) is 5.56 Å². The monoisotopic (exact) mass is 344 g/mol. The molecule has 0 aliphatic carbocycles. The second-order valence-electron chi connectivity index (χ2n) is 6.18. The molecule has 3 rings (SSSR count). The van der Waals surface area contributed by atoms with Gasteiger partial charge in [0.1, 0.15) is 0 Å². The highest BCUT2D eigenvalue weighted by Crippen LogP contribution is 2.22. The average Bonchev–Trinajstić information content (AvgIpc) is 3.10. The van der Waals surface area contributed by atoms with Crippen LogP contribution in [0.25, 0.3) is 0 Å². The molecule has 128 valence electrons. The molecule has 5 nitrogen and oxygen atoms in total. The lowest BCUT2D eigenvalue weighted by molar-refractivity contribution is -0.122. The van der Waals surface area contributed by atoms with Gasteiger partial charge in [-0.25, -0.2) is 4.98 Å². The Hall–Kier alpha value is -1.92. The van der Waals surface area contributed by atoms with Gasteiger partial charge >= 0.3 is 0 Å². The highest BCUT2D eigenvalue weighted by Gasteiger charge is 2.26. The second-order valence-corrected chi connectivity index (χ2v) is 7.05. The SMILES string of the molecule is C[C@@H]1CN(CC(=O)NCCc2ccccc2)CCN1c1nccs1. The minimum atomic E-state index is 0.112. The number of benzene rings is 1. The Labute approximate surface area is 147 Å². The van der Waals surface area contributed by atoms with Gasteiger partial charge in [0.05, 0.1) is 6.54 Å². The Morgan fingerprint density at radius 2 is 2.17 bits per heavy atom. The summed E-state index contributed by atoms with van der Waals surface area (Å²) in [5.74, 6) is 0.112. The highest BCUT2D eigenvalue weighted by molar-refractivity contribution is 7.13. The summed E-state index contributed by atoms with van der Waals surface area (Å²) in [6.07, 6.45) is 2.72. The van der Waals surface area contributed by atoms with E-state index in [1.807, 2.05) is 29.8 Å². The zero-order chi connectivity index (χ0) is 16.8. The summed E-state index contributed by atoms with van der Waals surface area (Å²) < 4.78 is 0. The first kappa shape index (κ1) is 16.9. The van der Waals surface area contributed by atoms with Crippen molar-refractivity contribution in [2.75, 3.05) is 37.6 Å². The maximum absolute atomic E-state index is 12.1. The van der Waals surface area contributed by atoms with E-state index in [0.29, 0.717) is 19.1 Å². The van der Waals surface area contributed by atoms with Crippen molar-refractivity contribution < 1.29 is 4.79 Å². The fraction of sp³-hybridized carbons (Fsp3) is 0.444. The number of carbonyl (C=O) groups excluding carboxylic acids is 1. The summed E-state index contributed by atoms with van der Waals surface area (Å²) in [6.45, 7) is 6.08. The van der Waals surface area contributed by atoms with Crippen LogP contribution in [-0.2, 0) is 11.2 Å². The molecule has 6 heteroatoms. The Morgan fingerprint density at radius 1 is 1.33 bits per heavy atom. The molecule has 1 N–H and O–H groups in total. The number of anilines is 1. The molecule has 0 bridgehead atoms. The summed E-state index contributed by atoms with van der Waals surface area (Å²) in [5, 5.41) is 6.11. The summed E-state index contributed by atoms with van der Waals surface area (Å²) in [4.78, 5) is 21.1. The predicted octanol–water partition coefficient (Wildman–Crippen LogP) is 2.01. The van der Waals surface area contributed by atoms with Gasteiger partial charge in [-0.15, -0.1) is 11.3 Å². The third-order valence-electron chi connectivity index (χ3n) is 4.32. The van der Waals surface area contributed by atoms with Crippen molar-refractivity contribution >= 4 is 22.4 Å². The number of carbonyl (C=O) groups is 1. The summed E-state index contributed by atoms with van der Waals surface area (Å²) in [7, 11) is 0. The first-order valence-electron chi connectivity index (χ1n) is 8.41. The standard InChI is InChI=1S/C18H24N4OS/c1-15-13-21(10-11-22(15)18-20-9-12-24-18)14-17(23)19-8-7-16-5-3-2-4-6-16/h2-6,9,12,15H,7-8,10-11,13-14H2,1H3,(H,19,23)/t15-/m1/s1. The van der Waals surface area contributed by atoms with E-state index in [0.717, 1.165) is 31.2 Å². The lowest BCUT2D eigenvalue weighted by Crippen LogP contribution is -2.54. The van der Waals surface area contributed by atoms with E-state index in [-0.39, 0.29) is 5.91 Å². The van der Waals surface area contributed by atoms with Crippen molar-refractivity contribution in [1.82, 2.24) is 15.2 Å². The molecule has 24 heavy (non-hydrogen) atoms. The Balaban J connectivity index is 1.39. The van der Waals surface area contributed by atoms with Crippen molar-refractivity contribution in [1.29, 1.82) is 0 Å². The summed E-state index contributed by atoms with van der Waals surface area (Å²) >= 11 is 1.67. The first-order chi connectivity index (χ1) is 11.7. The molecule has 1 aromatic carbocycles. The minimum absolute atomic E-state index is 0.112. The largest absolute Gasteiger partial charge is 0.355 e. The molecule has 1 aromatic heterocycles. The molecule has 1 amide bonds. The van der Waals surface area contributed by atoms with E-state index in [9.17, 15) is 4.79 Å². The fourth-order valence-electron chi connectivity index (χ4n) is 3.07. The molecule has 1 saturated heterocycles. The highest BCUT2D eigenvalue weighted by atomic mass is 32.1. The quantitative estimate of drug-likeness (QED) is 0.871. The summed E-state index contributed by atoms with van der Waals surface area (Å²) in [6, 6.07) is 10.6. The van der Waals surface area contributed by atoms with Gasteiger partial charge in [-0.3, -0.25) is 9.69 Å². The number of aromatic nitrogens is 1. The van der Waals surface area contributed by atoms with Gasteiger partial charge < -0.3 is 10.2 Å². The summed E-state index contributed by atoms with van der Waals surface area (Å²) in [5.41, 5.74) is 1.25. The normalized spacial score (nSPS) is 18.5. The number of thiazole rings is 1. The lowest BCUT2D eigenvalue weighted by Gasteiger charge is -2.39. The van der Waals surface area contributed by atoms with Crippen LogP contribution >= 0.6 is 11.3 Å². The number of rotatable bonds is 6. The van der Waals surface area contributed by atoms with Gasteiger partial charge in [-0.05, 0) is 18.9 Å². The van der Waals surface area contributed by atoms with E-state index in [1.54, 1.807) is 11.3 Å². The van der Waals surface area contributed by atoms with Crippen LogP contribution in [0.2, 0.25) is 0 Å². The van der Waals surface area contributed by atoms with Gasteiger partial charge in [0, 0.05) is 43.8 Å². The van der Waals surface area contributed by atoms with Gasteiger partial charge in [0.2, 0.25) is 5.91 Å². The van der Waals surface area contributed by atoms with Crippen LogP contribution in [0.3, 0.4) is 0 Å². The Bertz CT molecular complexity index is 632. The van der Waals surface area contributed by atoms with Crippen LogP contribution in [0.4, 0.5) is 5.13 Å². The van der Waals surface area contributed by atoms with Crippen LogP contribution in [0.1, 0.15) is 12.5 Å². The van der Waals surface area contributed by atoms with E-state index >= 15 is 0 Å². The van der Waals surface area contributed by atoms with Crippen LogP contribution in [-0.4, -0.2) is 54.6 Å². The van der Waals surface area contributed by atoms with Gasteiger partial charge in [-0.1, -0.05) is 30.3 Å². The number of hydrogen-bond donors (Lipinski definition) is 1. The van der Waals surface area contributed by atoms with Crippen molar-refractivity contribution in [2.24, 2.45) is 0 Å². The second kappa shape index (κ2) is 8.26. The smallest absolute Gasteiger partial charge is 0.234 e. The Kier molecular flexibility index (Phi) is 5.82. The lowest BCUT2D eigenvalue weighted by atomic mass is 10.1. The number of nitrogens with one attached hydrogen (secondary N) is 1. The van der Waals surface area contributed by atoms with Crippen LogP contribution in [0, 0.1) is 0 Å². The first-order valence-corrected chi connectivity index (χ1v) is 9.29.